The third kappa shape index (κ3) is 3.67. The minimum atomic E-state index is -0.740. The second kappa shape index (κ2) is 7.12. The molecule has 1 atom stereocenters. The first-order valence-electron chi connectivity index (χ1n) is 8.16. The molecule has 1 aliphatic heterocycles. The molecule has 3 N–H and O–H groups in total. The average Bonchev–Trinajstić information content (AvgIpc) is 3.01. The standard InChI is InChI=1S/C17H22N6O3/c1-17(24)5-7-23(10-17)14-8-12(20-13(21-14)4-6-18)11-9-19-16(26-3)22-15(11)25-2/h4,6,8-9,24H,5,7,10,18H2,1-3H3. The molecule has 138 valence electrons. The summed E-state index contributed by atoms with van der Waals surface area (Å²) in [6.07, 6.45) is 5.25. The molecule has 26 heavy (non-hydrogen) atoms. The molecule has 0 aromatic carbocycles. The zero-order chi connectivity index (χ0) is 18.7. The summed E-state index contributed by atoms with van der Waals surface area (Å²) in [5, 5.41) is 10.3. The fraction of sp³-hybridized carbons (Fsp3) is 0.412. The summed E-state index contributed by atoms with van der Waals surface area (Å²) in [5.74, 6) is 1.49. The fourth-order valence-electron chi connectivity index (χ4n) is 2.83. The second-order valence-corrected chi connectivity index (χ2v) is 6.28. The molecule has 2 aromatic heterocycles. The molecule has 2 aromatic rings. The topological polar surface area (TPSA) is 120 Å². The van der Waals surface area contributed by atoms with Gasteiger partial charge in [0.15, 0.2) is 5.82 Å². The van der Waals surface area contributed by atoms with Crippen LogP contribution in [0.15, 0.2) is 18.5 Å². The number of anilines is 1. The van der Waals surface area contributed by atoms with Crippen molar-refractivity contribution in [2.75, 3.05) is 32.2 Å². The average molecular weight is 358 g/mol. The van der Waals surface area contributed by atoms with E-state index < -0.39 is 5.60 Å². The van der Waals surface area contributed by atoms with Crippen LogP contribution in [0.3, 0.4) is 0 Å². The van der Waals surface area contributed by atoms with Crippen molar-refractivity contribution < 1.29 is 14.6 Å². The van der Waals surface area contributed by atoms with E-state index in [-0.39, 0.29) is 6.01 Å². The highest BCUT2D eigenvalue weighted by Gasteiger charge is 2.32. The second-order valence-electron chi connectivity index (χ2n) is 6.28. The van der Waals surface area contributed by atoms with Crippen molar-refractivity contribution >= 4 is 11.9 Å². The Morgan fingerprint density at radius 2 is 2.08 bits per heavy atom. The quantitative estimate of drug-likeness (QED) is 0.801. The summed E-state index contributed by atoms with van der Waals surface area (Å²) >= 11 is 0. The van der Waals surface area contributed by atoms with Gasteiger partial charge in [-0.2, -0.15) is 4.98 Å². The molecule has 9 heteroatoms. The lowest BCUT2D eigenvalue weighted by Gasteiger charge is -2.20. The number of nitrogens with two attached hydrogens (primary N) is 1. The Bertz CT molecular complexity index is 824. The molecule has 3 rings (SSSR count). The van der Waals surface area contributed by atoms with E-state index in [0.717, 1.165) is 0 Å². The number of methoxy groups -OCH3 is 2. The van der Waals surface area contributed by atoms with E-state index in [1.165, 1.54) is 20.4 Å². The molecule has 0 saturated carbocycles. The molecular formula is C17H22N6O3. The minimum Gasteiger partial charge on any atom is -0.480 e. The van der Waals surface area contributed by atoms with Crippen LogP contribution in [0.4, 0.5) is 5.82 Å². The lowest BCUT2D eigenvalue weighted by molar-refractivity contribution is 0.0839. The third-order valence-electron chi connectivity index (χ3n) is 4.13. The Hall–Kier alpha value is -2.94. The summed E-state index contributed by atoms with van der Waals surface area (Å²) in [7, 11) is 3.01. The molecule has 0 aliphatic carbocycles. The number of aromatic nitrogens is 4. The molecule has 1 fully saturated rings. The van der Waals surface area contributed by atoms with E-state index in [9.17, 15) is 5.11 Å². The van der Waals surface area contributed by atoms with Gasteiger partial charge in [-0.1, -0.05) is 0 Å². The lowest BCUT2D eigenvalue weighted by Crippen LogP contribution is -2.30. The maximum atomic E-state index is 10.3. The van der Waals surface area contributed by atoms with Crippen LogP contribution in [0.2, 0.25) is 0 Å². The van der Waals surface area contributed by atoms with E-state index >= 15 is 0 Å². The number of aliphatic hydroxyl groups is 1. The molecular weight excluding hydrogens is 336 g/mol. The van der Waals surface area contributed by atoms with Crippen LogP contribution in [-0.2, 0) is 0 Å². The summed E-state index contributed by atoms with van der Waals surface area (Å²) in [6.45, 7) is 3.01. The van der Waals surface area contributed by atoms with Gasteiger partial charge in [-0.15, -0.1) is 0 Å². The van der Waals surface area contributed by atoms with Crippen molar-refractivity contribution in [3.8, 4) is 23.1 Å². The van der Waals surface area contributed by atoms with E-state index in [1.54, 1.807) is 12.3 Å². The first kappa shape index (κ1) is 17.9. The minimum absolute atomic E-state index is 0.206. The molecule has 0 radical (unpaired) electrons. The van der Waals surface area contributed by atoms with Crippen molar-refractivity contribution in [2.24, 2.45) is 5.73 Å². The van der Waals surface area contributed by atoms with Gasteiger partial charge in [0.2, 0.25) is 5.88 Å². The van der Waals surface area contributed by atoms with E-state index in [2.05, 4.69) is 19.9 Å². The monoisotopic (exact) mass is 358 g/mol. The SMILES string of the molecule is COc1ncc(-c2cc(N3CCC(C)(O)C3)nc(C=CN)n2)c(OC)n1. The normalized spacial score (nSPS) is 19.9. The van der Waals surface area contributed by atoms with Crippen molar-refractivity contribution in [3.05, 3.63) is 24.3 Å². The first-order valence-corrected chi connectivity index (χ1v) is 8.16. The molecule has 0 amide bonds. The summed E-state index contributed by atoms with van der Waals surface area (Å²) in [6, 6.07) is 2.03. The number of β-amino-alcohol motifs (C(OH)–C–C–N with tert-alkyl or cyclic N) is 1. The predicted molar refractivity (Wildman–Crippen MR) is 96.8 cm³/mol. The molecule has 0 spiro atoms. The van der Waals surface area contributed by atoms with Gasteiger partial charge >= 0.3 is 6.01 Å². The zero-order valence-corrected chi connectivity index (χ0v) is 15.0. The largest absolute Gasteiger partial charge is 0.480 e. The number of ether oxygens (including phenoxy) is 2. The van der Waals surface area contributed by atoms with Crippen LogP contribution in [0, 0.1) is 0 Å². The Labute approximate surface area is 151 Å². The first-order chi connectivity index (χ1) is 12.5. The Morgan fingerprint density at radius 3 is 2.69 bits per heavy atom. The Kier molecular flexibility index (Phi) is 4.90. The van der Waals surface area contributed by atoms with Gasteiger partial charge in [0.1, 0.15) is 5.82 Å². The van der Waals surface area contributed by atoms with Gasteiger partial charge in [0.05, 0.1) is 31.1 Å². The summed E-state index contributed by atoms with van der Waals surface area (Å²) in [4.78, 5) is 19.4. The van der Waals surface area contributed by atoms with Crippen LogP contribution >= 0.6 is 0 Å². The van der Waals surface area contributed by atoms with Crippen LogP contribution < -0.4 is 20.1 Å². The van der Waals surface area contributed by atoms with Crippen LogP contribution in [-0.4, -0.2) is 58.0 Å². The number of nitrogens with zero attached hydrogens (tertiary/aromatic N) is 5. The van der Waals surface area contributed by atoms with Gasteiger partial charge in [0, 0.05) is 25.4 Å². The molecule has 3 heterocycles. The van der Waals surface area contributed by atoms with Crippen molar-refractivity contribution in [3.63, 3.8) is 0 Å². The summed E-state index contributed by atoms with van der Waals surface area (Å²) in [5.41, 5.74) is 5.97. The highest BCUT2D eigenvalue weighted by molar-refractivity contribution is 5.68. The predicted octanol–water partition coefficient (Wildman–Crippen LogP) is 0.841. The molecule has 1 unspecified atom stereocenters. The maximum absolute atomic E-state index is 10.3. The highest BCUT2D eigenvalue weighted by atomic mass is 16.5. The molecule has 1 saturated heterocycles. The molecule has 1 aliphatic rings. The van der Waals surface area contributed by atoms with Crippen LogP contribution in [0.1, 0.15) is 19.2 Å². The smallest absolute Gasteiger partial charge is 0.319 e. The zero-order valence-electron chi connectivity index (χ0n) is 15.0. The Balaban J connectivity index is 2.07. The maximum Gasteiger partial charge on any atom is 0.319 e. The molecule has 0 bridgehead atoms. The number of rotatable bonds is 5. The van der Waals surface area contributed by atoms with Gasteiger partial charge in [0.25, 0.3) is 0 Å². The Morgan fingerprint density at radius 1 is 1.27 bits per heavy atom. The fourth-order valence-corrected chi connectivity index (χ4v) is 2.83. The van der Waals surface area contributed by atoms with Crippen molar-refractivity contribution in [1.82, 2.24) is 19.9 Å². The number of hydrogen-bond acceptors (Lipinski definition) is 9. The van der Waals surface area contributed by atoms with Crippen LogP contribution in [0.25, 0.3) is 17.3 Å². The third-order valence-corrected chi connectivity index (χ3v) is 4.13. The van der Waals surface area contributed by atoms with Crippen LogP contribution in [0.5, 0.6) is 11.9 Å². The van der Waals surface area contributed by atoms with Gasteiger partial charge in [-0.25, -0.2) is 15.0 Å². The lowest BCUT2D eigenvalue weighted by atomic mass is 10.1. The van der Waals surface area contributed by atoms with Crippen molar-refractivity contribution in [2.45, 2.75) is 18.9 Å². The number of hydrogen-bond donors (Lipinski definition) is 2. The van der Waals surface area contributed by atoms with E-state index in [4.69, 9.17) is 15.2 Å². The van der Waals surface area contributed by atoms with Gasteiger partial charge in [-0.3, -0.25) is 0 Å². The van der Waals surface area contributed by atoms with Gasteiger partial charge < -0.3 is 25.2 Å². The molecule has 9 nitrogen and oxygen atoms in total. The van der Waals surface area contributed by atoms with E-state index in [1.807, 2.05) is 17.9 Å². The van der Waals surface area contributed by atoms with E-state index in [0.29, 0.717) is 48.3 Å². The van der Waals surface area contributed by atoms with Crippen molar-refractivity contribution in [1.29, 1.82) is 0 Å². The highest BCUT2D eigenvalue weighted by Crippen LogP contribution is 2.31. The summed E-state index contributed by atoms with van der Waals surface area (Å²) < 4.78 is 10.4. The van der Waals surface area contributed by atoms with Gasteiger partial charge in [-0.05, 0) is 25.6 Å².